The van der Waals surface area contributed by atoms with Gasteiger partial charge in [0, 0.05) is 58.1 Å². The van der Waals surface area contributed by atoms with Gasteiger partial charge >= 0.3 is 0 Å². The molecule has 1 saturated heterocycles. The molecule has 8 rings (SSSR count). The molecule has 0 bridgehead atoms. The van der Waals surface area contributed by atoms with E-state index >= 15 is 0 Å². The fourth-order valence-corrected chi connectivity index (χ4v) is 9.19. The molecule has 3 aliphatic heterocycles. The normalized spacial score (nSPS) is 17.0. The quantitative estimate of drug-likeness (QED) is 0.0608. The van der Waals surface area contributed by atoms with Crippen LogP contribution in [0.2, 0.25) is 5.02 Å². The van der Waals surface area contributed by atoms with Crippen molar-refractivity contribution >= 4 is 69.4 Å². The fourth-order valence-electron chi connectivity index (χ4n) is 7.85. The molecular formula is C45H44ClN9O6S. The number of benzene rings is 3. The van der Waals surface area contributed by atoms with Gasteiger partial charge in [0.25, 0.3) is 5.91 Å². The molecule has 318 valence electrons. The third kappa shape index (κ3) is 8.97. The lowest BCUT2D eigenvalue weighted by Gasteiger charge is -2.29. The molecule has 2 N–H and O–H groups in total. The average Bonchev–Trinajstić information content (AvgIpc) is 3.87. The molecule has 5 heterocycles. The molecule has 15 nitrogen and oxygen atoms in total. The Hall–Kier alpha value is -6.39. The number of azo groups is 1. The predicted octanol–water partition coefficient (Wildman–Crippen LogP) is 7.69. The number of imide groups is 1. The van der Waals surface area contributed by atoms with E-state index in [1.165, 1.54) is 9.78 Å². The first kappa shape index (κ1) is 42.3. The molecule has 1 fully saturated rings. The van der Waals surface area contributed by atoms with Crippen LogP contribution in [-0.2, 0) is 25.7 Å². The van der Waals surface area contributed by atoms with Crippen LogP contribution in [0.4, 0.5) is 11.4 Å². The second-order valence-electron chi connectivity index (χ2n) is 15.5. The monoisotopic (exact) mass is 873 g/mol. The average molecular weight is 874 g/mol. The van der Waals surface area contributed by atoms with E-state index in [1.54, 1.807) is 53.8 Å². The maximum absolute atomic E-state index is 13.3. The van der Waals surface area contributed by atoms with Crippen molar-refractivity contribution in [3.63, 3.8) is 0 Å². The van der Waals surface area contributed by atoms with E-state index in [0.717, 1.165) is 39.6 Å². The first-order valence-corrected chi connectivity index (χ1v) is 21.7. The summed E-state index contributed by atoms with van der Waals surface area (Å²) < 4.78 is 7.75. The maximum atomic E-state index is 13.3. The number of ketones is 1. The van der Waals surface area contributed by atoms with Gasteiger partial charge in [0.2, 0.25) is 17.7 Å². The van der Waals surface area contributed by atoms with Crippen LogP contribution >= 0.6 is 22.9 Å². The number of aryl methyl sites for hydroxylation is 2. The number of carbonyl (C=O) groups is 5. The van der Waals surface area contributed by atoms with Gasteiger partial charge in [-0.25, -0.2) is 0 Å². The Bertz CT molecular complexity index is 2640. The van der Waals surface area contributed by atoms with Crippen LogP contribution < -0.4 is 15.4 Å². The largest absolute Gasteiger partial charge is 0.486 e. The zero-order valence-corrected chi connectivity index (χ0v) is 36.0. The number of carbonyl (C=O) groups excluding carboxylic acids is 5. The van der Waals surface area contributed by atoms with Crippen molar-refractivity contribution < 1.29 is 28.7 Å². The molecule has 4 amide bonds. The van der Waals surface area contributed by atoms with Crippen molar-refractivity contribution in [3.8, 4) is 10.8 Å². The van der Waals surface area contributed by atoms with Gasteiger partial charge in [0.05, 0.1) is 23.5 Å². The van der Waals surface area contributed by atoms with Crippen LogP contribution in [0.5, 0.6) is 5.75 Å². The number of fused-ring (bicyclic) bond motifs is 4. The van der Waals surface area contributed by atoms with Crippen LogP contribution in [0.1, 0.15) is 100 Å². The Morgan fingerprint density at radius 1 is 0.968 bits per heavy atom. The Kier molecular flexibility index (Phi) is 12.5. The highest BCUT2D eigenvalue weighted by molar-refractivity contribution is 7.15. The smallest absolute Gasteiger partial charge is 0.255 e. The van der Waals surface area contributed by atoms with Crippen molar-refractivity contribution in [3.05, 3.63) is 116 Å². The van der Waals surface area contributed by atoms with Crippen LogP contribution in [0.3, 0.4) is 0 Å². The van der Waals surface area contributed by atoms with Crippen LogP contribution in [0, 0.1) is 20.8 Å². The van der Waals surface area contributed by atoms with E-state index in [9.17, 15) is 24.0 Å². The van der Waals surface area contributed by atoms with Crippen molar-refractivity contribution in [2.24, 2.45) is 15.2 Å². The fraction of sp³-hybridized carbons (Fsp3) is 0.333. The molecule has 0 saturated carbocycles. The van der Waals surface area contributed by atoms with E-state index < -0.39 is 18.0 Å². The number of Topliss-reactive ketones (excluding diaryl/α,β-unsaturated/α-hetero) is 1. The van der Waals surface area contributed by atoms with Gasteiger partial charge in [-0.05, 0) is 94.1 Å². The number of amides is 4. The number of piperidine rings is 1. The van der Waals surface area contributed by atoms with Gasteiger partial charge < -0.3 is 15.0 Å². The van der Waals surface area contributed by atoms with Crippen LogP contribution in [0.25, 0.3) is 5.00 Å². The van der Waals surface area contributed by atoms with Gasteiger partial charge in [-0.3, -0.25) is 38.8 Å². The summed E-state index contributed by atoms with van der Waals surface area (Å²) in [6, 6.07) is 18.3. The summed E-state index contributed by atoms with van der Waals surface area (Å²) in [5.74, 6) is 0.607. The number of nitrogens with one attached hydrogen (secondary N) is 2. The Balaban J connectivity index is 0.778. The molecule has 0 radical (unpaired) electrons. The van der Waals surface area contributed by atoms with E-state index in [-0.39, 0.29) is 55.9 Å². The standard InChI is InChI=1S/C45H44ClN9O6S/c1-25-26(2)62-45-40(25)41(28-11-13-29(46)14-12-28)48-36(42-53-50-27(3)55(42)45)22-39(58)47-21-6-4-5-8-31(56)24-61-32-17-15-30(16-18-32)51-52-35-10-7-9-33-34(35)23-54(44(33)60)37-19-20-38(57)49-43(37)59/h7,9-18,36-37H,4-6,8,19-24H2,1-3H3,(H,47,58)(H,49,57,59)/t36-,37?/m0/s1. The van der Waals surface area contributed by atoms with E-state index in [4.69, 9.17) is 21.3 Å². The lowest BCUT2D eigenvalue weighted by molar-refractivity contribution is -0.137. The number of aliphatic imine (C=N–C) groups is 1. The number of thiophene rings is 1. The van der Waals surface area contributed by atoms with Crippen molar-refractivity contribution in [2.45, 2.75) is 84.3 Å². The van der Waals surface area contributed by atoms with Crippen LogP contribution in [-0.4, -0.2) is 74.0 Å². The van der Waals surface area contributed by atoms with Crippen molar-refractivity contribution in [1.29, 1.82) is 0 Å². The van der Waals surface area contributed by atoms with Gasteiger partial charge in [0.15, 0.2) is 11.6 Å². The highest BCUT2D eigenvalue weighted by atomic mass is 35.5. The number of rotatable bonds is 15. The Morgan fingerprint density at radius 2 is 1.76 bits per heavy atom. The molecule has 0 spiro atoms. The molecule has 2 atom stereocenters. The van der Waals surface area contributed by atoms with E-state index in [1.807, 2.05) is 35.8 Å². The highest BCUT2D eigenvalue weighted by Crippen LogP contribution is 2.40. The lowest BCUT2D eigenvalue weighted by Crippen LogP contribution is -2.52. The Labute approximate surface area is 366 Å². The zero-order chi connectivity index (χ0) is 43.5. The van der Waals surface area contributed by atoms with Gasteiger partial charge in [-0.15, -0.1) is 21.5 Å². The van der Waals surface area contributed by atoms with E-state index in [0.29, 0.717) is 64.9 Å². The molecule has 62 heavy (non-hydrogen) atoms. The van der Waals surface area contributed by atoms with E-state index in [2.05, 4.69) is 44.9 Å². The third-order valence-electron chi connectivity index (χ3n) is 11.3. The molecule has 0 aliphatic carbocycles. The molecule has 5 aromatic rings. The number of halogens is 1. The van der Waals surface area contributed by atoms with Gasteiger partial charge in [-0.1, -0.05) is 36.2 Å². The summed E-state index contributed by atoms with van der Waals surface area (Å²) in [7, 11) is 0. The maximum Gasteiger partial charge on any atom is 0.255 e. The van der Waals surface area contributed by atoms with Crippen molar-refractivity contribution in [1.82, 2.24) is 30.3 Å². The molecule has 2 aromatic heterocycles. The highest BCUT2D eigenvalue weighted by Gasteiger charge is 2.40. The number of hydrogen-bond donors (Lipinski definition) is 2. The minimum Gasteiger partial charge on any atom is -0.486 e. The topological polar surface area (TPSA) is 190 Å². The summed E-state index contributed by atoms with van der Waals surface area (Å²) in [6.07, 6.45) is 3.05. The van der Waals surface area contributed by atoms with Gasteiger partial charge in [-0.2, -0.15) is 10.2 Å². The Morgan fingerprint density at radius 3 is 2.53 bits per heavy atom. The third-order valence-corrected chi connectivity index (χ3v) is 12.7. The first-order valence-electron chi connectivity index (χ1n) is 20.5. The second kappa shape index (κ2) is 18.3. The summed E-state index contributed by atoms with van der Waals surface area (Å²) >= 11 is 7.89. The van der Waals surface area contributed by atoms with Crippen molar-refractivity contribution in [2.75, 3.05) is 13.2 Å². The zero-order valence-electron chi connectivity index (χ0n) is 34.4. The number of nitrogens with zero attached hydrogens (tertiary/aromatic N) is 7. The number of hydrogen-bond acceptors (Lipinski definition) is 12. The molecule has 17 heteroatoms. The molecule has 3 aromatic carbocycles. The first-order chi connectivity index (χ1) is 29.9. The number of aromatic nitrogens is 3. The van der Waals surface area contributed by atoms with Crippen LogP contribution in [0.15, 0.2) is 82.0 Å². The predicted molar refractivity (Wildman–Crippen MR) is 233 cm³/mol. The van der Waals surface area contributed by atoms with Gasteiger partial charge in [0.1, 0.15) is 35.3 Å². The minimum absolute atomic E-state index is 0.0299. The molecule has 1 unspecified atom stereocenters. The number of unbranched alkanes of at least 4 members (excludes halogenated alkanes) is 2. The molecular weight excluding hydrogens is 830 g/mol. The summed E-state index contributed by atoms with van der Waals surface area (Å²) in [5, 5.41) is 24.5. The summed E-state index contributed by atoms with van der Waals surface area (Å²) in [6.45, 7) is 6.68. The molecule has 3 aliphatic rings. The lowest BCUT2D eigenvalue weighted by atomic mass is 9.99. The number of ether oxygens (including phenoxy) is 1. The summed E-state index contributed by atoms with van der Waals surface area (Å²) in [5.41, 5.74) is 6.02. The SMILES string of the molecule is Cc1sc2c(c1C)C(c1ccc(Cl)cc1)=N[C@@H](CC(=O)NCCCCCC(=O)COc1ccc(N=Nc3cccc4c3CN(C3CCC(=O)NC3=O)C4=O)cc1)c1nnc(C)n1-2. The summed E-state index contributed by atoms with van der Waals surface area (Å²) in [4.78, 5) is 70.9. The second-order valence-corrected chi connectivity index (χ2v) is 17.1. The minimum atomic E-state index is -0.715.